The van der Waals surface area contributed by atoms with Gasteiger partial charge in [0.2, 0.25) is 11.8 Å². The molecule has 2 atom stereocenters. The minimum atomic E-state index is -0.323. The van der Waals surface area contributed by atoms with E-state index in [2.05, 4.69) is 11.1 Å². The molecule has 2 unspecified atom stereocenters. The number of hydrogen-bond donors (Lipinski definition) is 2. The molecule has 0 spiro atoms. The average molecular weight is 328 g/mol. The van der Waals surface area contributed by atoms with Gasteiger partial charge in [-0.25, -0.2) is 4.98 Å². The lowest BCUT2D eigenvalue weighted by Gasteiger charge is -2.22. The van der Waals surface area contributed by atoms with Crippen LogP contribution in [0.5, 0.6) is 0 Å². The van der Waals surface area contributed by atoms with Crippen LogP contribution in [0.15, 0.2) is 12.1 Å². The van der Waals surface area contributed by atoms with E-state index in [0.29, 0.717) is 50.4 Å². The quantitative estimate of drug-likeness (QED) is 0.772. The Bertz CT molecular complexity index is 713. The number of nitriles is 1. The highest BCUT2D eigenvalue weighted by atomic mass is 16.1. The van der Waals surface area contributed by atoms with E-state index in [1.54, 1.807) is 12.1 Å². The van der Waals surface area contributed by atoms with Gasteiger partial charge >= 0.3 is 0 Å². The van der Waals surface area contributed by atoms with Gasteiger partial charge in [0.1, 0.15) is 17.7 Å². The van der Waals surface area contributed by atoms with E-state index in [9.17, 15) is 14.9 Å². The number of anilines is 2. The van der Waals surface area contributed by atoms with Gasteiger partial charge in [-0.15, -0.1) is 0 Å². The Morgan fingerprint density at radius 1 is 1.08 bits per heavy atom. The third-order valence-electron chi connectivity index (χ3n) is 4.79. The van der Waals surface area contributed by atoms with Gasteiger partial charge in [0.15, 0.2) is 0 Å². The Kier molecular flexibility index (Phi) is 4.25. The highest BCUT2D eigenvalue weighted by molar-refractivity contribution is 5.79. The number of pyridine rings is 1. The Morgan fingerprint density at radius 2 is 1.67 bits per heavy atom. The lowest BCUT2D eigenvalue weighted by atomic mass is 10.1. The minimum absolute atomic E-state index is 0.170. The van der Waals surface area contributed by atoms with Crippen LogP contribution in [0.4, 0.5) is 11.6 Å². The molecule has 0 bridgehead atoms. The van der Waals surface area contributed by atoms with Gasteiger partial charge in [-0.2, -0.15) is 5.26 Å². The Morgan fingerprint density at radius 3 is 2.21 bits per heavy atom. The maximum Gasteiger partial charge on any atom is 0.222 e. The zero-order valence-corrected chi connectivity index (χ0v) is 13.3. The zero-order valence-electron chi connectivity index (χ0n) is 13.3. The second-order valence-corrected chi connectivity index (χ2v) is 6.32. The largest absolute Gasteiger partial charge is 0.369 e. The Hall–Kier alpha value is -2.82. The molecule has 24 heavy (non-hydrogen) atoms. The van der Waals surface area contributed by atoms with Crippen molar-refractivity contribution in [3.63, 3.8) is 0 Å². The second kappa shape index (κ2) is 6.35. The number of primary amides is 2. The molecule has 2 aliphatic heterocycles. The van der Waals surface area contributed by atoms with E-state index in [-0.39, 0.29) is 23.7 Å². The molecule has 2 amide bonds. The lowest BCUT2D eigenvalue weighted by Crippen LogP contribution is -2.29. The molecule has 3 rings (SSSR count). The van der Waals surface area contributed by atoms with Gasteiger partial charge in [0.25, 0.3) is 0 Å². The summed E-state index contributed by atoms with van der Waals surface area (Å²) in [6.07, 6.45) is 1.37. The summed E-state index contributed by atoms with van der Waals surface area (Å²) in [4.78, 5) is 31.3. The standard InChI is InChI=1S/C16H20N6O2/c17-7-10-1-2-13(21-5-3-11(8-21)14(18)23)20-16(10)22-6-4-12(9-22)15(19)24/h1-2,11-12H,3-6,8-9H2,(H2,18,23)(H2,19,24). The first-order valence-electron chi connectivity index (χ1n) is 7.99. The van der Waals surface area contributed by atoms with Crippen LogP contribution in [0, 0.1) is 23.2 Å². The van der Waals surface area contributed by atoms with E-state index < -0.39 is 0 Å². The van der Waals surface area contributed by atoms with E-state index in [4.69, 9.17) is 11.5 Å². The topological polar surface area (TPSA) is 129 Å². The summed E-state index contributed by atoms with van der Waals surface area (Å²) < 4.78 is 0. The van der Waals surface area contributed by atoms with Crippen molar-refractivity contribution in [1.82, 2.24) is 4.98 Å². The van der Waals surface area contributed by atoms with Gasteiger partial charge in [-0.3, -0.25) is 9.59 Å². The molecule has 126 valence electrons. The number of rotatable bonds is 4. The molecule has 1 aromatic heterocycles. The lowest BCUT2D eigenvalue weighted by molar-refractivity contribution is -0.121. The molecule has 2 aliphatic rings. The van der Waals surface area contributed by atoms with Crippen molar-refractivity contribution in [2.45, 2.75) is 12.8 Å². The fourth-order valence-electron chi connectivity index (χ4n) is 3.33. The zero-order chi connectivity index (χ0) is 17.3. The van der Waals surface area contributed by atoms with Crippen LogP contribution in [-0.2, 0) is 9.59 Å². The number of carbonyl (C=O) groups is 2. The molecule has 8 nitrogen and oxygen atoms in total. The smallest absolute Gasteiger partial charge is 0.222 e. The van der Waals surface area contributed by atoms with Crippen molar-refractivity contribution in [2.75, 3.05) is 36.0 Å². The maximum absolute atomic E-state index is 11.4. The normalized spacial score (nSPS) is 23.3. The molecule has 8 heteroatoms. The van der Waals surface area contributed by atoms with Crippen molar-refractivity contribution < 1.29 is 9.59 Å². The molecule has 1 aromatic rings. The molecule has 0 saturated carbocycles. The molecular weight excluding hydrogens is 308 g/mol. The van der Waals surface area contributed by atoms with Gasteiger partial charge in [0.05, 0.1) is 17.4 Å². The number of aromatic nitrogens is 1. The average Bonchev–Trinajstić information content (AvgIpc) is 3.23. The van der Waals surface area contributed by atoms with E-state index >= 15 is 0 Å². The van der Waals surface area contributed by atoms with Gasteiger partial charge < -0.3 is 21.3 Å². The van der Waals surface area contributed by atoms with Crippen molar-refractivity contribution in [1.29, 1.82) is 5.26 Å². The van der Waals surface area contributed by atoms with Gasteiger partial charge in [-0.1, -0.05) is 0 Å². The van der Waals surface area contributed by atoms with E-state index in [1.807, 2.05) is 9.80 Å². The van der Waals surface area contributed by atoms with Crippen LogP contribution in [-0.4, -0.2) is 43.0 Å². The van der Waals surface area contributed by atoms with Crippen molar-refractivity contribution in [3.8, 4) is 6.07 Å². The van der Waals surface area contributed by atoms with Crippen LogP contribution < -0.4 is 21.3 Å². The monoisotopic (exact) mass is 328 g/mol. The molecule has 2 fully saturated rings. The van der Waals surface area contributed by atoms with Crippen LogP contribution in [0.3, 0.4) is 0 Å². The first-order valence-corrected chi connectivity index (χ1v) is 7.99. The van der Waals surface area contributed by atoms with E-state index in [1.165, 1.54) is 0 Å². The molecule has 4 N–H and O–H groups in total. The number of amides is 2. The first kappa shape index (κ1) is 16.1. The number of nitrogens with two attached hydrogens (primary N) is 2. The van der Waals surface area contributed by atoms with Crippen molar-refractivity contribution in [3.05, 3.63) is 17.7 Å². The first-order chi connectivity index (χ1) is 11.5. The summed E-state index contributed by atoms with van der Waals surface area (Å²) >= 11 is 0. The number of nitrogens with zero attached hydrogens (tertiary/aromatic N) is 4. The van der Waals surface area contributed by atoms with Crippen LogP contribution in [0.1, 0.15) is 18.4 Å². The molecule has 0 aliphatic carbocycles. The molecule has 0 radical (unpaired) electrons. The van der Waals surface area contributed by atoms with Gasteiger partial charge in [-0.05, 0) is 25.0 Å². The fraction of sp³-hybridized carbons (Fsp3) is 0.500. The Balaban J connectivity index is 1.83. The second-order valence-electron chi connectivity index (χ2n) is 6.32. The summed E-state index contributed by atoms with van der Waals surface area (Å²) in [5, 5.41) is 9.34. The minimum Gasteiger partial charge on any atom is -0.369 e. The van der Waals surface area contributed by atoms with Crippen molar-refractivity contribution >= 4 is 23.5 Å². The summed E-state index contributed by atoms with van der Waals surface area (Å²) in [7, 11) is 0. The van der Waals surface area contributed by atoms with E-state index in [0.717, 1.165) is 5.82 Å². The van der Waals surface area contributed by atoms with Gasteiger partial charge in [0, 0.05) is 26.2 Å². The molecule has 3 heterocycles. The Labute approximate surface area is 140 Å². The third-order valence-corrected chi connectivity index (χ3v) is 4.79. The van der Waals surface area contributed by atoms with Crippen LogP contribution in [0.25, 0.3) is 0 Å². The fourth-order valence-corrected chi connectivity index (χ4v) is 3.33. The van der Waals surface area contributed by atoms with Crippen molar-refractivity contribution in [2.24, 2.45) is 23.3 Å². The highest BCUT2D eigenvalue weighted by Gasteiger charge is 2.31. The predicted octanol–water partition coefficient (Wildman–Crippen LogP) is -0.424. The summed E-state index contributed by atoms with van der Waals surface area (Å²) in [5.41, 5.74) is 11.2. The number of hydrogen-bond acceptors (Lipinski definition) is 6. The molecule has 2 saturated heterocycles. The predicted molar refractivity (Wildman–Crippen MR) is 88.0 cm³/mol. The third kappa shape index (κ3) is 2.97. The van der Waals surface area contributed by atoms with Crippen LogP contribution in [0.2, 0.25) is 0 Å². The SMILES string of the molecule is N#Cc1ccc(N2CCC(C(N)=O)C2)nc1N1CCC(C(N)=O)C1. The summed E-state index contributed by atoms with van der Waals surface area (Å²) in [6, 6.07) is 5.66. The highest BCUT2D eigenvalue weighted by Crippen LogP contribution is 2.29. The maximum atomic E-state index is 11.4. The summed E-state index contributed by atoms with van der Waals surface area (Å²) in [5.74, 6) is 0.285. The summed E-state index contributed by atoms with van der Waals surface area (Å²) in [6.45, 7) is 2.36. The molecule has 0 aromatic carbocycles. The number of carbonyl (C=O) groups excluding carboxylic acids is 2. The molecular formula is C16H20N6O2. The van der Waals surface area contributed by atoms with Crippen LogP contribution >= 0.6 is 0 Å².